The van der Waals surface area contributed by atoms with Gasteiger partial charge in [0, 0.05) is 19.1 Å². The standard InChI is InChI=1S/C10H24O2Si/c1-7-13(5,6)12-9-10(2,3)8-11-4/h7-9H2,1-6H3. The molecular weight excluding hydrogens is 180 g/mol. The van der Waals surface area contributed by atoms with Crippen molar-refractivity contribution in [3.63, 3.8) is 0 Å². The van der Waals surface area contributed by atoms with Crippen molar-refractivity contribution in [2.45, 2.75) is 39.9 Å². The molecule has 0 radical (unpaired) electrons. The molecule has 0 rings (SSSR count). The molecule has 0 saturated heterocycles. The van der Waals surface area contributed by atoms with Gasteiger partial charge in [-0.25, -0.2) is 0 Å². The quantitative estimate of drug-likeness (QED) is 0.619. The van der Waals surface area contributed by atoms with E-state index in [2.05, 4.69) is 33.9 Å². The van der Waals surface area contributed by atoms with E-state index < -0.39 is 8.32 Å². The van der Waals surface area contributed by atoms with Crippen molar-refractivity contribution in [3.8, 4) is 0 Å². The Bertz CT molecular complexity index is 144. The Labute approximate surface area is 83.8 Å². The number of methoxy groups -OCH3 is 1. The third kappa shape index (κ3) is 6.24. The van der Waals surface area contributed by atoms with Crippen LogP contribution in [-0.4, -0.2) is 28.6 Å². The first kappa shape index (κ1) is 13.1. The first-order valence-electron chi connectivity index (χ1n) is 4.96. The van der Waals surface area contributed by atoms with E-state index in [0.717, 1.165) is 13.2 Å². The topological polar surface area (TPSA) is 18.5 Å². The fourth-order valence-corrected chi connectivity index (χ4v) is 1.91. The SMILES string of the molecule is CC[Si](C)(C)OCC(C)(C)COC. The third-order valence-electron chi connectivity index (χ3n) is 2.24. The zero-order chi connectivity index (χ0) is 10.5. The van der Waals surface area contributed by atoms with Crippen LogP contribution in [0.25, 0.3) is 0 Å². The van der Waals surface area contributed by atoms with E-state index >= 15 is 0 Å². The second-order valence-electron chi connectivity index (χ2n) is 5.00. The maximum Gasteiger partial charge on any atom is 0.186 e. The lowest BCUT2D eigenvalue weighted by Crippen LogP contribution is -2.35. The Hall–Kier alpha value is 0.137. The zero-order valence-corrected chi connectivity index (χ0v) is 10.9. The van der Waals surface area contributed by atoms with Crippen LogP contribution in [0.3, 0.4) is 0 Å². The molecule has 0 unspecified atom stereocenters. The molecule has 0 bridgehead atoms. The lowest BCUT2D eigenvalue weighted by Gasteiger charge is -2.29. The predicted octanol–water partition coefficient (Wildman–Crippen LogP) is 2.90. The Morgan fingerprint density at radius 3 is 2.08 bits per heavy atom. The average molecular weight is 204 g/mol. The first-order valence-corrected chi connectivity index (χ1v) is 8.07. The van der Waals surface area contributed by atoms with Crippen molar-refractivity contribution in [2.24, 2.45) is 5.41 Å². The van der Waals surface area contributed by atoms with E-state index in [1.54, 1.807) is 7.11 Å². The Morgan fingerprint density at radius 2 is 1.69 bits per heavy atom. The van der Waals surface area contributed by atoms with Gasteiger partial charge in [-0.2, -0.15) is 0 Å². The van der Waals surface area contributed by atoms with Gasteiger partial charge < -0.3 is 9.16 Å². The van der Waals surface area contributed by atoms with Gasteiger partial charge in [-0.1, -0.05) is 20.8 Å². The van der Waals surface area contributed by atoms with Crippen molar-refractivity contribution in [2.75, 3.05) is 20.3 Å². The van der Waals surface area contributed by atoms with Crippen molar-refractivity contribution < 1.29 is 9.16 Å². The van der Waals surface area contributed by atoms with Gasteiger partial charge >= 0.3 is 0 Å². The van der Waals surface area contributed by atoms with Crippen molar-refractivity contribution in [3.05, 3.63) is 0 Å². The summed E-state index contributed by atoms with van der Waals surface area (Å²) in [6.07, 6.45) is 0. The zero-order valence-electron chi connectivity index (χ0n) is 9.94. The minimum absolute atomic E-state index is 0.147. The molecule has 0 aromatic rings. The first-order chi connectivity index (χ1) is 5.83. The van der Waals surface area contributed by atoms with Crippen LogP contribution >= 0.6 is 0 Å². The number of ether oxygens (including phenoxy) is 1. The van der Waals surface area contributed by atoms with Crippen LogP contribution in [0.4, 0.5) is 0 Å². The van der Waals surface area contributed by atoms with Crippen molar-refractivity contribution >= 4 is 8.32 Å². The molecule has 0 spiro atoms. The summed E-state index contributed by atoms with van der Waals surface area (Å²) in [6, 6.07) is 1.18. The summed E-state index contributed by atoms with van der Waals surface area (Å²) < 4.78 is 11.1. The highest BCUT2D eigenvalue weighted by Gasteiger charge is 2.25. The molecule has 0 fully saturated rings. The smallest absolute Gasteiger partial charge is 0.186 e. The molecule has 2 nitrogen and oxygen atoms in total. The van der Waals surface area contributed by atoms with Crippen LogP contribution in [0.15, 0.2) is 0 Å². The Balaban J connectivity index is 3.86. The summed E-state index contributed by atoms with van der Waals surface area (Å²) >= 11 is 0. The molecule has 0 atom stereocenters. The summed E-state index contributed by atoms with van der Waals surface area (Å²) in [5, 5.41) is 0. The predicted molar refractivity (Wildman–Crippen MR) is 59.6 cm³/mol. The molecule has 3 heteroatoms. The van der Waals surface area contributed by atoms with Gasteiger partial charge in [0.05, 0.1) is 6.61 Å². The molecule has 0 N–H and O–H groups in total. The lowest BCUT2D eigenvalue weighted by molar-refractivity contribution is 0.0615. The molecule has 80 valence electrons. The molecule has 0 aromatic heterocycles. The normalized spacial score (nSPS) is 13.4. The van der Waals surface area contributed by atoms with E-state index in [1.165, 1.54) is 6.04 Å². The maximum absolute atomic E-state index is 5.95. The Morgan fingerprint density at radius 1 is 1.15 bits per heavy atom. The third-order valence-corrected chi connectivity index (χ3v) is 4.87. The Kier molecular flexibility index (Phi) is 5.18. The van der Waals surface area contributed by atoms with E-state index in [-0.39, 0.29) is 5.41 Å². The van der Waals surface area contributed by atoms with E-state index in [9.17, 15) is 0 Å². The van der Waals surface area contributed by atoms with Gasteiger partial charge in [0.1, 0.15) is 0 Å². The summed E-state index contributed by atoms with van der Waals surface area (Å²) in [7, 11) is 0.369. The molecule has 0 heterocycles. The van der Waals surface area contributed by atoms with Crippen LogP contribution in [-0.2, 0) is 9.16 Å². The van der Waals surface area contributed by atoms with Gasteiger partial charge in [0.15, 0.2) is 8.32 Å². The second kappa shape index (κ2) is 5.13. The van der Waals surface area contributed by atoms with Crippen LogP contribution in [0.2, 0.25) is 19.1 Å². The highest BCUT2D eigenvalue weighted by molar-refractivity contribution is 6.71. The molecule has 13 heavy (non-hydrogen) atoms. The van der Waals surface area contributed by atoms with Crippen LogP contribution < -0.4 is 0 Å². The molecule has 0 aliphatic rings. The second-order valence-corrected chi connectivity index (χ2v) is 9.51. The molecule has 0 aromatic carbocycles. The van der Waals surface area contributed by atoms with E-state index in [0.29, 0.717) is 0 Å². The van der Waals surface area contributed by atoms with Crippen LogP contribution in [0.5, 0.6) is 0 Å². The number of rotatable bonds is 6. The number of hydrogen-bond acceptors (Lipinski definition) is 2. The van der Waals surface area contributed by atoms with Crippen LogP contribution in [0, 0.1) is 5.41 Å². The summed E-state index contributed by atoms with van der Waals surface area (Å²) in [6.45, 7) is 12.7. The molecule has 0 saturated carbocycles. The summed E-state index contributed by atoms with van der Waals surface area (Å²) in [5.74, 6) is 0. The van der Waals surface area contributed by atoms with E-state index in [1.807, 2.05) is 0 Å². The fourth-order valence-electron chi connectivity index (χ4n) is 0.925. The molecule has 0 aliphatic carbocycles. The minimum atomic E-state index is -1.37. The van der Waals surface area contributed by atoms with Gasteiger partial charge in [0.25, 0.3) is 0 Å². The van der Waals surface area contributed by atoms with Gasteiger partial charge in [-0.05, 0) is 19.1 Å². The van der Waals surface area contributed by atoms with Gasteiger partial charge in [0.2, 0.25) is 0 Å². The van der Waals surface area contributed by atoms with Crippen molar-refractivity contribution in [1.82, 2.24) is 0 Å². The van der Waals surface area contributed by atoms with Crippen LogP contribution in [0.1, 0.15) is 20.8 Å². The minimum Gasteiger partial charge on any atom is -0.417 e. The fraction of sp³-hybridized carbons (Fsp3) is 1.00. The average Bonchev–Trinajstić information content (AvgIpc) is 2.02. The van der Waals surface area contributed by atoms with Crippen molar-refractivity contribution in [1.29, 1.82) is 0 Å². The lowest BCUT2D eigenvalue weighted by atomic mass is 9.97. The molecular formula is C10H24O2Si. The summed E-state index contributed by atoms with van der Waals surface area (Å²) in [4.78, 5) is 0. The largest absolute Gasteiger partial charge is 0.417 e. The molecule has 0 aliphatic heterocycles. The summed E-state index contributed by atoms with van der Waals surface area (Å²) in [5.41, 5.74) is 0.147. The molecule has 0 amide bonds. The van der Waals surface area contributed by atoms with Gasteiger partial charge in [-0.15, -0.1) is 0 Å². The number of hydrogen-bond donors (Lipinski definition) is 0. The van der Waals surface area contributed by atoms with E-state index in [4.69, 9.17) is 9.16 Å². The van der Waals surface area contributed by atoms with Gasteiger partial charge in [-0.3, -0.25) is 0 Å². The monoisotopic (exact) mass is 204 g/mol. The maximum atomic E-state index is 5.95. The highest BCUT2D eigenvalue weighted by atomic mass is 28.4. The highest BCUT2D eigenvalue weighted by Crippen LogP contribution is 2.20.